The van der Waals surface area contributed by atoms with E-state index in [0.717, 1.165) is 35.8 Å². The van der Waals surface area contributed by atoms with Crippen molar-refractivity contribution >= 4 is 22.9 Å². The Balaban J connectivity index is 2.19. The van der Waals surface area contributed by atoms with Gasteiger partial charge >= 0.3 is 0 Å². The Kier molecular flexibility index (Phi) is 4.96. The lowest BCUT2D eigenvalue weighted by atomic mass is 10.1. The third-order valence-electron chi connectivity index (χ3n) is 3.11. The minimum atomic E-state index is 0.186. The Hall–Kier alpha value is -0.910. The van der Waals surface area contributed by atoms with Crippen molar-refractivity contribution in [3.63, 3.8) is 0 Å². The summed E-state index contributed by atoms with van der Waals surface area (Å²) in [5, 5.41) is 10.6. The molecule has 4 nitrogen and oxygen atoms in total. The van der Waals surface area contributed by atoms with Crippen molar-refractivity contribution in [3.8, 4) is 0 Å². The summed E-state index contributed by atoms with van der Waals surface area (Å²) in [4.78, 5) is 5.53. The van der Waals surface area contributed by atoms with Crippen molar-refractivity contribution in [3.05, 3.63) is 33.0 Å². The lowest BCUT2D eigenvalue weighted by Gasteiger charge is -2.15. The SMILES string of the molecule is CCCn1ncnc1CC(NC)c1scc(C)c1Cl. The summed E-state index contributed by atoms with van der Waals surface area (Å²) in [6.45, 7) is 5.08. The molecule has 2 aromatic rings. The maximum Gasteiger partial charge on any atom is 0.138 e. The first kappa shape index (κ1) is 14.5. The van der Waals surface area contributed by atoms with Crippen molar-refractivity contribution in [2.75, 3.05) is 7.05 Å². The average molecular weight is 299 g/mol. The molecule has 0 aliphatic rings. The van der Waals surface area contributed by atoms with E-state index in [2.05, 4.69) is 27.7 Å². The molecule has 0 spiro atoms. The fourth-order valence-corrected chi connectivity index (χ4v) is 3.47. The highest BCUT2D eigenvalue weighted by Crippen LogP contribution is 2.33. The number of aromatic nitrogens is 3. The molecule has 0 fully saturated rings. The van der Waals surface area contributed by atoms with E-state index in [0.29, 0.717) is 0 Å². The summed E-state index contributed by atoms with van der Waals surface area (Å²) in [5.41, 5.74) is 1.14. The highest BCUT2D eigenvalue weighted by molar-refractivity contribution is 7.10. The van der Waals surface area contributed by atoms with Gasteiger partial charge in [-0.1, -0.05) is 18.5 Å². The number of hydrogen-bond donors (Lipinski definition) is 1. The largest absolute Gasteiger partial charge is 0.312 e. The molecule has 0 radical (unpaired) electrons. The Morgan fingerprint density at radius 1 is 1.53 bits per heavy atom. The monoisotopic (exact) mass is 298 g/mol. The molecule has 104 valence electrons. The van der Waals surface area contributed by atoms with Gasteiger partial charge in [0, 0.05) is 23.9 Å². The van der Waals surface area contributed by atoms with Gasteiger partial charge < -0.3 is 5.32 Å². The summed E-state index contributed by atoms with van der Waals surface area (Å²) in [5.74, 6) is 1.00. The Morgan fingerprint density at radius 2 is 2.32 bits per heavy atom. The van der Waals surface area contributed by atoms with E-state index in [1.807, 2.05) is 18.7 Å². The molecule has 0 aromatic carbocycles. The first-order valence-electron chi connectivity index (χ1n) is 6.44. The fraction of sp³-hybridized carbons (Fsp3) is 0.538. The molecule has 0 aliphatic carbocycles. The predicted octanol–water partition coefficient (Wildman–Crippen LogP) is 3.21. The minimum Gasteiger partial charge on any atom is -0.312 e. The van der Waals surface area contributed by atoms with Gasteiger partial charge in [0.1, 0.15) is 12.2 Å². The molecule has 0 bridgehead atoms. The number of nitrogens with zero attached hydrogens (tertiary/aromatic N) is 3. The van der Waals surface area contributed by atoms with Crippen LogP contribution in [0.15, 0.2) is 11.7 Å². The number of hydrogen-bond acceptors (Lipinski definition) is 4. The molecule has 2 heterocycles. The standard InChI is InChI=1S/C13H19ClN4S/c1-4-5-18-11(16-8-17-18)6-10(15-3)13-12(14)9(2)7-19-13/h7-8,10,15H,4-6H2,1-3H3. The fourth-order valence-electron chi connectivity index (χ4n) is 2.04. The van der Waals surface area contributed by atoms with Crippen LogP contribution in [-0.4, -0.2) is 21.8 Å². The van der Waals surface area contributed by atoms with Crippen LogP contribution in [0.2, 0.25) is 5.02 Å². The van der Waals surface area contributed by atoms with E-state index in [1.54, 1.807) is 17.7 Å². The highest BCUT2D eigenvalue weighted by Gasteiger charge is 2.19. The maximum absolute atomic E-state index is 6.35. The van der Waals surface area contributed by atoms with Crippen molar-refractivity contribution < 1.29 is 0 Å². The predicted molar refractivity (Wildman–Crippen MR) is 79.9 cm³/mol. The molecular formula is C13H19ClN4S. The van der Waals surface area contributed by atoms with Gasteiger partial charge in [0.2, 0.25) is 0 Å². The van der Waals surface area contributed by atoms with Crippen molar-refractivity contribution in [1.82, 2.24) is 20.1 Å². The lowest BCUT2D eigenvalue weighted by molar-refractivity contribution is 0.521. The third-order valence-corrected chi connectivity index (χ3v) is 4.94. The number of aryl methyl sites for hydroxylation is 2. The van der Waals surface area contributed by atoms with Gasteiger partial charge in [-0.15, -0.1) is 11.3 Å². The molecule has 19 heavy (non-hydrogen) atoms. The normalized spacial score (nSPS) is 12.8. The van der Waals surface area contributed by atoms with Gasteiger partial charge in [0.15, 0.2) is 0 Å². The van der Waals surface area contributed by atoms with E-state index in [9.17, 15) is 0 Å². The number of halogens is 1. The average Bonchev–Trinajstić information content (AvgIpc) is 2.97. The lowest BCUT2D eigenvalue weighted by Crippen LogP contribution is -2.20. The van der Waals surface area contributed by atoms with Gasteiger partial charge in [-0.2, -0.15) is 5.10 Å². The zero-order chi connectivity index (χ0) is 13.8. The van der Waals surface area contributed by atoms with E-state index < -0.39 is 0 Å². The number of rotatable bonds is 6. The molecule has 2 rings (SSSR count). The van der Waals surface area contributed by atoms with Crippen LogP contribution < -0.4 is 5.32 Å². The van der Waals surface area contributed by atoms with E-state index in [-0.39, 0.29) is 6.04 Å². The Labute approximate surface area is 122 Å². The third kappa shape index (κ3) is 3.16. The highest BCUT2D eigenvalue weighted by atomic mass is 35.5. The van der Waals surface area contributed by atoms with Crippen molar-refractivity contribution in [2.45, 2.75) is 39.3 Å². The second kappa shape index (κ2) is 6.50. The second-order valence-corrected chi connectivity index (χ2v) is 5.83. The summed E-state index contributed by atoms with van der Waals surface area (Å²) in [7, 11) is 1.95. The second-order valence-electron chi connectivity index (χ2n) is 4.54. The van der Waals surface area contributed by atoms with Crippen LogP contribution >= 0.6 is 22.9 Å². The van der Waals surface area contributed by atoms with Crippen LogP contribution in [0.5, 0.6) is 0 Å². The molecule has 0 aliphatic heterocycles. The van der Waals surface area contributed by atoms with Crippen molar-refractivity contribution in [2.24, 2.45) is 0 Å². The van der Waals surface area contributed by atoms with Gasteiger partial charge in [0.05, 0.1) is 5.02 Å². The quantitative estimate of drug-likeness (QED) is 0.890. The maximum atomic E-state index is 6.35. The molecule has 2 aromatic heterocycles. The minimum absolute atomic E-state index is 0.186. The van der Waals surface area contributed by atoms with E-state index in [1.165, 1.54) is 4.88 Å². The number of thiophene rings is 1. The van der Waals surface area contributed by atoms with E-state index >= 15 is 0 Å². The summed E-state index contributed by atoms with van der Waals surface area (Å²) in [6, 6.07) is 0.186. The summed E-state index contributed by atoms with van der Waals surface area (Å²) >= 11 is 8.05. The van der Waals surface area contributed by atoms with Gasteiger partial charge in [-0.05, 0) is 31.3 Å². The first-order valence-corrected chi connectivity index (χ1v) is 7.70. The van der Waals surface area contributed by atoms with Gasteiger partial charge in [-0.3, -0.25) is 4.68 Å². The summed E-state index contributed by atoms with van der Waals surface area (Å²) < 4.78 is 1.97. The summed E-state index contributed by atoms with van der Waals surface area (Å²) in [6.07, 6.45) is 3.48. The molecular weight excluding hydrogens is 280 g/mol. The van der Waals surface area contributed by atoms with Crippen molar-refractivity contribution in [1.29, 1.82) is 0 Å². The Bertz CT molecular complexity index is 534. The first-order chi connectivity index (χ1) is 9.17. The van der Waals surface area contributed by atoms with Crippen LogP contribution in [0.4, 0.5) is 0 Å². The molecule has 0 saturated heterocycles. The van der Waals surface area contributed by atoms with Crippen LogP contribution in [0, 0.1) is 6.92 Å². The zero-order valence-corrected chi connectivity index (χ0v) is 13.1. The topological polar surface area (TPSA) is 42.7 Å². The van der Waals surface area contributed by atoms with Crippen LogP contribution in [-0.2, 0) is 13.0 Å². The molecule has 0 amide bonds. The van der Waals surface area contributed by atoms with Crippen LogP contribution in [0.3, 0.4) is 0 Å². The molecule has 0 saturated carbocycles. The number of likely N-dealkylation sites (N-methyl/N-ethyl adjacent to an activating group) is 1. The van der Waals surface area contributed by atoms with Gasteiger partial charge in [0.25, 0.3) is 0 Å². The number of nitrogens with one attached hydrogen (secondary N) is 1. The van der Waals surface area contributed by atoms with Gasteiger partial charge in [-0.25, -0.2) is 4.98 Å². The van der Waals surface area contributed by atoms with Crippen LogP contribution in [0.25, 0.3) is 0 Å². The smallest absolute Gasteiger partial charge is 0.138 e. The van der Waals surface area contributed by atoms with E-state index in [4.69, 9.17) is 11.6 Å². The molecule has 1 atom stereocenters. The zero-order valence-electron chi connectivity index (χ0n) is 11.5. The molecule has 6 heteroatoms. The molecule has 1 unspecified atom stereocenters. The Morgan fingerprint density at radius 3 is 2.89 bits per heavy atom. The molecule has 1 N–H and O–H groups in total. The van der Waals surface area contributed by atoms with Crippen LogP contribution in [0.1, 0.15) is 35.7 Å².